The molecule has 2 aromatic rings. The van der Waals surface area contributed by atoms with E-state index >= 15 is 0 Å². The fourth-order valence-corrected chi connectivity index (χ4v) is 1.29. The van der Waals surface area contributed by atoms with Gasteiger partial charge in [0.25, 0.3) is 0 Å². The van der Waals surface area contributed by atoms with Gasteiger partial charge in [0.2, 0.25) is 0 Å². The van der Waals surface area contributed by atoms with Crippen LogP contribution in [0.1, 0.15) is 11.3 Å². The maximum Gasteiger partial charge on any atom is 0.389 e. The molecule has 0 bridgehead atoms. The number of nitriles is 1. The zero-order valence-corrected chi connectivity index (χ0v) is 8.65. The molecule has 0 amide bonds. The number of aromatic nitrogens is 3. The highest BCUT2D eigenvalue weighted by atomic mass is 16.6. The molecule has 0 aliphatic carbocycles. The van der Waals surface area contributed by atoms with E-state index in [0.717, 1.165) is 0 Å². The van der Waals surface area contributed by atoms with Crippen LogP contribution in [-0.2, 0) is 6.54 Å². The standard InChI is InChI=1S/C10H7N5O2/c11-5-8-1-2-9(12-6-8)7-14-4-3-10(13-14)15(16)17/h1-4,6H,7H2. The van der Waals surface area contributed by atoms with Gasteiger partial charge in [-0.05, 0) is 17.1 Å². The fraction of sp³-hybridized carbons (Fsp3) is 0.100. The van der Waals surface area contributed by atoms with Crippen molar-refractivity contribution in [2.24, 2.45) is 0 Å². The summed E-state index contributed by atoms with van der Waals surface area (Å²) in [7, 11) is 0. The second kappa shape index (κ2) is 4.40. The topological polar surface area (TPSA) is 97.6 Å². The molecule has 2 heterocycles. The number of pyridine rings is 1. The third kappa shape index (κ3) is 2.43. The van der Waals surface area contributed by atoms with Crippen LogP contribution in [-0.4, -0.2) is 19.7 Å². The summed E-state index contributed by atoms with van der Waals surface area (Å²) in [5.41, 5.74) is 1.15. The van der Waals surface area contributed by atoms with E-state index in [-0.39, 0.29) is 5.82 Å². The SMILES string of the molecule is N#Cc1ccc(Cn2ccc([N+](=O)[O-])n2)nc1. The van der Waals surface area contributed by atoms with E-state index in [2.05, 4.69) is 10.1 Å². The predicted molar refractivity (Wildman–Crippen MR) is 56.9 cm³/mol. The molecule has 0 aromatic carbocycles. The van der Waals surface area contributed by atoms with Gasteiger partial charge in [-0.2, -0.15) is 9.94 Å². The van der Waals surface area contributed by atoms with Crippen LogP contribution in [0.2, 0.25) is 0 Å². The van der Waals surface area contributed by atoms with Gasteiger partial charge in [0.05, 0.1) is 28.6 Å². The average Bonchev–Trinajstić information content (AvgIpc) is 2.79. The van der Waals surface area contributed by atoms with Gasteiger partial charge < -0.3 is 10.1 Å². The van der Waals surface area contributed by atoms with Crippen LogP contribution >= 0.6 is 0 Å². The zero-order chi connectivity index (χ0) is 12.3. The van der Waals surface area contributed by atoms with E-state index in [1.807, 2.05) is 6.07 Å². The Morgan fingerprint density at radius 3 is 2.82 bits per heavy atom. The van der Waals surface area contributed by atoms with Crippen molar-refractivity contribution < 1.29 is 4.92 Å². The van der Waals surface area contributed by atoms with Crippen LogP contribution < -0.4 is 0 Å². The summed E-state index contributed by atoms with van der Waals surface area (Å²) in [6, 6.07) is 6.61. The van der Waals surface area contributed by atoms with Gasteiger partial charge in [-0.25, -0.2) is 0 Å². The molecule has 0 N–H and O–H groups in total. The molecule has 0 atom stereocenters. The van der Waals surface area contributed by atoms with Crippen LogP contribution in [0.25, 0.3) is 0 Å². The number of nitro groups is 1. The molecule has 2 aromatic heterocycles. The first-order valence-electron chi connectivity index (χ1n) is 4.72. The second-order valence-corrected chi connectivity index (χ2v) is 3.28. The van der Waals surface area contributed by atoms with Crippen molar-refractivity contribution in [2.75, 3.05) is 0 Å². The normalized spacial score (nSPS) is 9.82. The molecule has 0 fully saturated rings. The minimum Gasteiger partial charge on any atom is -0.358 e. The van der Waals surface area contributed by atoms with Crippen LogP contribution in [0.3, 0.4) is 0 Å². The highest BCUT2D eigenvalue weighted by Crippen LogP contribution is 2.07. The number of rotatable bonds is 3. The fourth-order valence-electron chi connectivity index (χ4n) is 1.29. The molecule has 84 valence electrons. The lowest BCUT2D eigenvalue weighted by Crippen LogP contribution is -2.03. The lowest BCUT2D eigenvalue weighted by atomic mass is 10.3. The van der Waals surface area contributed by atoms with E-state index in [4.69, 9.17) is 5.26 Å². The Hall–Kier alpha value is -2.75. The Kier molecular flexibility index (Phi) is 2.79. The van der Waals surface area contributed by atoms with E-state index in [0.29, 0.717) is 17.8 Å². The van der Waals surface area contributed by atoms with E-state index in [1.54, 1.807) is 12.1 Å². The Labute approximate surface area is 96.1 Å². The quantitative estimate of drug-likeness (QED) is 0.579. The summed E-state index contributed by atoms with van der Waals surface area (Å²) >= 11 is 0. The number of hydrogen-bond acceptors (Lipinski definition) is 5. The molecule has 0 unspecified atom stereocenters. The van der Waals surface area contributed by atoms with Crippen LogP contribution in [0.4, 0.5) is 5.82 Å². The second-order valence-electron chi connectivity index (χ2n) is 3.28. The number of nitrogens with zero attached hydrogens (tertiary/aromatic N) is 5. The van der Waals surface area contributed by atoms with Gasteiger partial charge in [-0.15, -0.1) is 0 Å². The van der Waals surface area contributed by atoms with Crippen molar-refractivity contribution in [1.29, 1.82) is 5.26 Å². The third-order valence-electron chi connectivity index (χ3n) is 2.09. The largest absolute Gasteiger partial charge is 0.389 e. The van der Waals surface area contributed by atoms with E-state index < -0.39 is 4.92 Å². The molecule has 7 heteroatoms. The smallest absolute Gasteiger partial charge is 0.358 e. The first-order valence-corrected chi connectivity index (χ1v) is 4.72. The minimum absolute atomic E-state index is 0.196. The van der Waals surface area contributed by atoms with Crippen molar-refractivity contribution in [3.05, 3.63) is 52.0 Å². The van der Waals surface area contributed by atoms with Crippen molar-refractivity contribution in [3.63, 3.8) is 0 Å². The molecule has 0 radical (unpaired) electrons. The average molecular weight is 229 g/mol. The molecule has 0 saturated heterocycles. The summed E-state index contributed by atoms with van der Waals surface area (Å²) < 4.78 is 1.42. The van der Waals surface area contributed by atoms with Gasteiger partial charge in [-0.3, -0.25) is 4.98 Å². The Bertz CT molecular complexity index is 581. The van der Waals surface area contributed by atoms with E-state index in [1.165, 1.54) is 23.1 Å². The Morgan fingerprint density at radius 1 is 1.47 bits per heavy atom. The lowest BCUT2D eigenvalue weighted by molar-refractivity contribution is -0.389. The first-order chi connectivity index (χ1) is 8.19. The molecule has 0 saturated carbocycles. The Balaban J connectivity index is 2.14. The highest BCUT2D eigenvalue weighted by molar-refractivity contribution is 5.26. The monoisotopic (exact) mass is 229 g/mol. The van der Waals surface area contributed by atoms with Crippen molar-refractivity contribution in [2.45, 2.75) is 6.54 Å². The summed E-state index contributed by atoms with van der Waals surface area (Å²) in [5.74, 6) is -0.196. The van der Waals surface area contributed by atoms with Gasteiger partial charge in [0.15, 0.2) is 0 Å². The van der Waals surface area contributed by atoms with Gasteiger partial charge in [0.1, 0.15) is 12.6 Å². The summed E-state index contributed by atoms with van der Waals surface area (Å²) in [6.07, 6.45) is 2.96. The highest BCUT2D eigenvalue weighted by Gasteiger charge is 2.11. The maximum atomic E-state index is 10.4. The maximum absolute atomic E-state index is 10.4. The summed E-state index contributed by atoms with van der Waals surface area (Å²) in [4.78, 5) is 13.9. The van der Waals surface area contributed by atoms with Crippen LogP contribution in [0, 0.1) is 21.4 Å². The van der Waals surface area contributed by atoms with Crippen molar-refractivity contribution in [3.8, 4) is 6.07 Å². The summed E-state index contributed by atoms with van der Waals surface area (Å²) in [6.45, 7) is 0.333. The summed E-state index contributed by atoms with van der Waals surface area (Å²) in [5, 5.41) is 22.8. The van der Waals surface area contributed by atoms with Gasteiger partial charge >= 0.3 is 5.82 Å². The van der Waals surface area contributed by atoms with Crippen LogP contribution in [0.5, 0.6) is 0 Å². The first kappa shape index (κ1) is 10.8. The molecule has 2 rings (SSSR count). The van der Waals surface area contributed by atoms with Crippen molar-refractivity contribution in [1.82, 2.24) is 14.8 Å². The molecular weight excluding hydrogens is 222 g/mol. The zero-order valence-electron chi connectivity index (χ0n) is 8.65. The van der Waals surface area contributed by atoms with E-state index in [9.17, 15) is 10.1 Å². The lowest BCUT2D eigenvalue weighted by Gasteiger charge is -1.96. The molecule has 7 nitrogen and oxygen atoms in total. The van der Waals surface area contributed by atoms with Crippen LogP contribution in [0.15, 0.2) is 30.6 Å². The third-order valence-corrected chi connectivity index (χ3v) is 2.09. The molecule has 0 spiro atoms. The Morgan fingerprint density at radius 2 is 2.29 bits per heavy atom. The number of hydrogen-bond donors (Lipinski definition) is 0. The molecule has 0 aliphatic heterocycles. The van der Waals surface area contributed by atoms with Gasteiger partial charge in [-0.1, -0.05) is 0 Å². The molecular formula is C10H7N5O2. The predicted octanol–water partition coefficient (Wildman–Crippen LogP) is 1.11. The molecule has 0 aliphatic rings. The van der Waals surface area contributed by atoms with Gasteiger partial charge in [0, 0.05) is 6.20 Å². The molecule has 17 heavy (non-hydrogen) atoms. The van der Waals surface area contributed by atoms with Crippen molar-refractivity contribution >= 4 is 5.82 Å². The minimum atomic E-state index is -0.553.